The Bertz CT molecular complexity index is 480. The lowest BCUT2D eigenvalue weighted by Crippen LogP contribution is -2.48. The zero-order valence-corrected chi connectivity index (χ0v) is 13.8. The third-order valence-corrected chi connectivity index (χ3v) is 4.71. The molecule has 0 aliphatic carbocycles. The molecule has 22 heavy (non-hydrogen) atoms. The predicted octanol–water partition coefficient (Wildman–Crippen LogP) is 0.918. The van der Waals surface area contributed by atoms with Crippen molar-refractivity contribution in [1.82, 2.24) is 20.4 Å². The van der Waals surface area contributed by atoms with Crippen molar-refractivity contribution in [2.24, 2.45) is 5.84 Å². The Kier molecular flexibility index (Phi) is 5.90. The van der Waals surface area contributed by atoms with E-state index >= 15 is 0 Å². The largest absolute Gasteiger partial charge is 0.326 e. The van der Waals surface area contributed by atoms with Gasteiger partial charge in [-0.15, -0.1) is 5.10 Å². The topological polar surface area (TPSA) is 85.8 Å². The molecule has 7 heteroatoms. The summed E-state index contributed by atoms with van der Waals surface area (Å²) in [7, 11) is 2.35. The van der Waals surface area contributed by atoms with Crippen LogP contribution in [0.5, 0.6) is 0 Å². The number of nitrogens with zero attached hydrogens (tertiary/aromatic N) is 4. The molecule has 1 saturated heterocycles. The van der Waals surface area contributed by atoms with Gasteiger partial charge in [-0.25, -0.2) is 10.5 Å². The fraction of sp³-hybridized carbons (Fsp3) is 0.800. The number of nitrogens with one attached hydrogen (secondary N) is 1. The molecular formula is C15H29N6O+. The first-order valence-electron chi connectivity index (χ1n) is 8.26. The molecule has 2 heterocycles. The van der Waals surface area contributed by atoms with Crippen LogP contribution in [-0.2, 0) is 4.79 Å². The monoisotopic (exact) mass is 309 g/mol. The van der Waals surface area contributed by atoms with Crippen molar-refractivity contribution in [3.63, 3.8) is 0 Å². The van der Waals surface area contributed by atoms with Gasteiger partial charge in [0.15, 0.2) is 0 Å². The fourth-order valence-electron chi connectivity index (χ4n) is 3.33. The van der Waals surface area contributed by atoms with Crippen molar-refractivity contribution >= 4 is 5.91 Å². The van der Waals surface area contributed by atoms with Gasteiger partial charge >= 0.3 is 0 Å². The molecule has 1 amide bonds. The van der Waals surface area contributed by atoms with E-state index in [4.69, 9.17) is 5.84 Å². The van der Waals surface area contributed by atoms with Gasteiger partial charge in [0, 0.05) is 6.20 Å². The number of aryl methyl sites for hydroxylation is 1. The van der Waals surface area contributed by atoms with Gasteiger partial charge < -0.3 is 4.48 Å². The van der Waals surface area contributed by atoms with E-state index in [1.165, 1.54) is 43.4 Å². The summed E-state index contributed by atoms with van der Waals surface area (Å²) in [6.07, 6.45) is 8.70. The van der Waals surface area contributed by atoms with Gasteiger partial charge in [-0.1, -0.05) is 5.21 Å². The van der Waals surface area contributed by atoms with Crippen LogP contribution in [0.3, 0.4) is 0 Å². The molecule has 1 aliphatic rings. The van der Waals surface area contributed by atoms with E-state index in [9.17, 15) is 4.79 Å². The molecule has 1 aromatic heterocycles. The van der Waals surface area contributed by atoms with Gasteiger partial charge in [-0.05, 0) is 45.4 Å². The lowest BCUT2D eigenvalue weighted by atomic mass is 10.1. The number of hydrazine groups is 1. The number of rotatable bonds is 7. The van der Waals surface area contributed by atoms with E-state index in [0.717, 1.165) is 25.0 Å². The number of amides is 1. The van der Waals surface area contributed by atoms with E-state index in [0.29, 0.717) is 0 Å². The number of carbonyl (C=O) groups is 1. The number of hydrogen-bond donors (Lipinski definition) is 2. The fourth-order valence-corrected chi connectivity index (χ4v) is 3.33. The lowest BCUT2D eigenvalue weighted by molar-refractivity contribution is -0.914. The van der Waals surface area contributed by atoms with E-state index in [1.54, 1.807) is 10.9 Å². The summed E-state index contributed by atoms with van der Waals surface area (Å²) in [4.78, 5) is 12.0. The summed E-state index contributed by atoms with van der Waals surface area (Å²) < 4.78 is 2.80. The molecule has 1 aromatic rings. The zero-order valence-electron chi connectivity index (χ0n) is 13.8. The first kappa shape index (κ1) is 16.9. The van der Waals surface area contributed by atoms with Gasteiger partial charge in [-0.3, -0.25) is 10.2 Å². The van der Waals surface area contributed by atoms with Crippen molar-refractivity contribution in [1.29, 1.82) is 0 Å². The number of likely N-dealkylation sites (tertiary alicyclic amines) is 1. The van der Waals surface area contributed by atoms with Crippen LogP contribution in [0.4, 0.5) is 0 Å². The van der Waals surface area contributed by atoms with Crippen molar-refractivity contribution in [2.75, 3.05) is 26.7 Å². The SMILES string of the molecule is Cc1cn([C@@H](CCCC[N+]2(C)CCCCC2)C(=O)NN)nn1. The predicted molar refractivity (Wildman–Crippen MR) is 84.6 cm³/mol. The average molecular weight is 309 g/mol. The number of unbranched alkanes of at least 4 members (excludes halogenated alkanes) is 1. The van der Waals surface area contributed by atoms with Crippen LogP contribution in [0.25, 0.3) is 0 Å². The molecule has 0 saturated carbocycles. The van der Waals surface area contributed by atoms with Crippen molar-refractivity contribution in [3.05, 3.63) is 11.9 Å². The molecule has 2 rings (SSSR count). The quantitative estimate of drug-likeness (QED) is 0.258. The van der Waals surface area contributed by atoms with Gasteiger partial charge in [0.2, 0.25) is 0 Å². The minimum absolute atomic E-state index is 0.205. The number of piperidine rings is 1. The van der Waals surface area contributed by atoms with E-state index in [1.807, 2.05) is 6.92 Å². The number of carbonyl (C=O) groups excluding carboxylic acids is 1. The third-order valence-electron chi connectivity index (χ3n) is 4.71. The van der Waals surface area contributed by atoms with Gasteiger partial charge in [0.1, 0.15) is 6.04 Å². The van der Waals surface area contributed by atoms with Crippen LogP contribution >= 0.6 is 0 Å². The summed E-state index contributed by atoms with van der Waals surface area (Å²) in [6, 6.07) is -0.363. The lowest BCUT2D eigenvalue weighted by Gasteiger charge is -2.38. The number of aromatic nitrogens is 3. The number of nitrogens with two attached hydrogens (primary N) is 1. The number of quaternary nitrogens is 1. The third kappa shape index (κ3) is 4.51. The van der Waals surface area contributed by atoms with Crippen LogP contribution in [0.1, 0.15) is 50.3 Å². The maximum Gasteiger partial charge on any atom is 0.258 e. The molecule has 124 valence electrons. The van der Waals surface area contributed by atoms with Crippen molar-refractivity contribution in [2.45, 2.75) is 51.5 Å². The molecule has 0 bridgehead atoms. The standard InChI is InChI=1S/C15H28N6O/c1-13-12-20(19-18-13)14(15(22)17-16)8-4-7-11-21(2)9-5-3-6-10-21/h12,14H,3-11H2,1-2H3,(H2-,16,17,18,19,22)/p+1/t14-/m0/s1. The average Bonchev–Trinajstić information content (AvgIpc) is 2.93. The minimum Gasteiger partial charge on any atom is -0.326 e. The molecule has 7 nitrogen and oxygen atoms in total. The van der Waals surface area contributed by atoms with E-state index in [2.05, 4.69) is 22.8 Å². The normalized spacial score (nSPS) is 18.9. The molecule has 0 unspecified atom stereocenters. The summed E-state index contributed by atoms with van der Waals surface area (Å²) in [5.41, 5.74) is 3.05. The Hall–Kier alpha value is -1.47. The van der Waals surface area contributed by atoms with Crippen LogP contribution in [0.15, 0.2) is 6.20 Å². The van der Waals surface area contributed by atoms with E-state index < -0.39 is 0 Å². The second kappa shape index (κ2) is 7.69. The minimum atomic E-state index is -0.363. The molecule has 1 aliphatic heterocycles. The van der Waals surface area contributed by atoms with Crippen LogP contribution in [0, 0.1) is 6.92 Å². The molecule has 0 radical (unpaired) electrons. The summed E-state index contributed by atoms with van der Waals surface area (Å²) in [6.45, 7) is 5.62. The Balaban J connectivity index is 1.82. The second-order valence-corrected chi connectivity index (χ2v) is 6.71. The molecular weight excluding hydrogens is 280 g/mol. The summed E-state index contributed by atoms with van der Waals surface area (Å²) in [5.74, 6) is 5.09. The highest BCUT2D eigenvalue weighted by molar-refractivity contribution is 5.79. The first-order valence-corrected chi connectivity index (χ1v) is 8.26. The molecule has 0 aromatic carbocycles. The highest BCUT2D eigenvalue weighted by Crippen LogP contribution is 2.19. The Morgan fingerprint density at radius 1 is 1.41 bits per heavy atom. The molecule has 0 spiro atoms. The Morgan fingerprint density at radius 2 is 2.14 bits per heavy atom. The van der Waals surface area contributed by atoms with Gasteiger partial charge in [0.25, 0.3) is 5.91 Å². The maximum atomic E-state index is 12.0. The van der Waals surface area contributed by atoms with E-state index in [-0.39, 0.29) is 11.9 Å². The van der Waals surface area contributed by atoms with Gasteiger partial charge in [-0.2, -0.15) is 0 Å². The smallest absolute Gasteiger partial charge is 0.258 e. The Morgan fingerprint density at radius 3 is 2.73 bits per heavy atom. The highest BCUT2D eigenvalue weighted by atomic mass is 16.2. The molecule has 1 fully saturated rings. The van der Waals surface area contributed by atoms with Crippen LogP contribution in [-0.4, -0.2) is 52.1 Å². The second-order valence-electron chi connectivity index (χ2n) is 6.71. The van der Waals surface area contributed by atoms with Gasteiger partial charge in [0.05, 0.1) is 32.4 Å². The van der Waals surface area contributed by atoms with Crippen LogP contribution < -0.4 is 11.3 Å². The first-order chi connectivity index (χ1) is 10.5. The molecule has 3 N–H and O–H groups in total. The summed E-state index contributed by atoms with van der Waals surface area (Å²) in [5, 5.41) is 7.97. The van der Waals surface area contributed by atoms with Crippen LogP contribution in [0.2, 0.25) is 0 Å². The highest BCUT2D eigenvalue weighted by Gasteiger charge is 2.25. The maximum absolute atomic E-state index is 12.0. The zero-order chi connectivity index (χ0) is 16.0. The van der Waals surface area contributed by atoms with Crippen molar-refractivity contribution in [3.8, 4) is 0 Å². The Labute approximate surface area is 132 Å². The van der Waals surface area contributed by atoms with Crippen molar-refractivity contribution < 1.29 is 9.28 Å². The number of hydrogen-bond acceptors (Lipinski definition) is 4. The molecule has 1 atom stereocenters. The summed E-state index contributed by atoms with van der Waals surface area (Å²) >= 11 is 0.